The Morgan fingerprint density at radius 2 is 1.77 bits per heavy atom. The van der Waals surface area contributed by atoms with Gasteiger partial charge in [-0.1, -0.05) is 35.9 Å². The third-order valence-electron chi connectivity index (χ3n) is 6.38. The number of benzene rings is 3. The zero-order valence-electron chi connectivity index (χ0n) is 19.6. The topological polar surface area (TPSA) is 66.0 Å². The first-order valence-electron chi connectivity index (χ1n) is 12.2. The molecule has 0 spiro atoms. The largest absolute Gasteiger partial charge is 0.493 e. The average Bonchev–Trinajstić information content (AvgIpc) is 3.71. The summed E-state index contributed by atoms with van der Waals surface area (Å²) in [5.74, 6) is 2.30. The van der Waals surface area contributed by atoms with E-state index in [-0.39, 0.29) is 12.2 Å². The minimum absolute atomic E-state index is 0.181. The molecule has 0 unspecified atom stereocenters. The Bertz CT molecular complexity index is 1140. The van der Waals surface area contributed by atoms with Gasteiger partial charge >= 0.3 is 6.09 Å². The number of carbonyl (C=O) groups excluding carboxylic acids is 1. The van der Waals surface area contributed by atoms with Gasteiger partial charge in [0.25, 0.3) is 0 Å². The molecule has 1 N–H and O–H groups in total. The Morgan fingerprint density at radius 3 is 2.54 bits per heavy atom. The number of carbonyl (C=O) groups is 1. The van der Waals surface area contributed by atoms with Crippen molar-refractivity contribution in [3.05, 3.63) is 71.2 Å². The van der Waals surface area contributed by atoms with Gasteiger partial charge in [0, 0.05) is 23.9 Å². The number of hydrogen-bond acceptors (Lipinski definition) is 5. The molecule has 2 fully saturated rings. The maximum Gasteiger partial charge on any atom is 0.412 e. The van der Waals surface area contributed by atoms with E-state index in [0.717, 1.165) is 24.7 Å². The van der Waals surface area contributed by atoms with E-state index in [9.17, 15) is 4.79 Å². The van der Waals surface area contributed by atoms with Crippen molar-refractivity contribution in [2.24, 2.45) is 5.92 Å². The highest BCUT2D eigenvalue weighted by molar-refractivity contribution is 6.30. The van der Waals surface area contributed by atoms with Crippen molar-refractivity contribution in [1.82, 2.24) is 5.32 Å². The Kier molecular flexibility index (Phi) is 7.72. The van der Waals surface area contributed by atoms with Crippen molar-refractivity contribution in [3.63, 3.8) is 0 Å². The summed E-state index contributed by atoms with van der Waals surface area (Å²) < 4.78 is 23.2. The minimum Gasteiger partial charge on any atom is -0.493 e. The molecule has 6 nitrogen and oxygen atoms in total. The summed E-state index contributed by atoms with van der Waals surface area (Å²) in [6.45, 7) is 2.51. The number of fused-ring (bicyclic) bond motifs is 1. The van der Waals surface area contributed by atoms with E-state index in [4.69, 9.17) is 30.5 Å². The normalized spacial score (nSPS) is 19.9. The Morgan fingerprint density at radius 1 is 1.00 bits per heavy atom. The highest BCUT2D eigenvalue weighted by Gasteiger charge is 2.25. The molecule has 0 atom stereocenters. The molecule has 3 aromatic carbocycles. The molecular formula is C28H30ClNO5. The molecule has 2 aliphatic rings. The fourth-order valence-corrected chi connectivity index (χ4v) is 4.35. The molecule has 0 radical (unpaired) electrons. The molecule has 35 heavy (non-hydrogen) atoms. The third-order valence-corrected chi connectivity index (χ3v) is 6.64. The lowest BCUT2D eigenvalue weighted by atomic mass is 9.94. The molecule has 1 aliphatic heterocycles. The van der Waals surface area contributed by atoms with E-state index < -0.39 is 6.09 Å². The summed E-state index contributed by atoms with van der Waals surface area (Å²) in [6.07, 6.45) is 3.24. The second-order valence-electron chi connectivity index (χ2n) is 9.19. The monoisotopic (exact) mass is 495 g/mol. The summed E-state index contributed by atoms with van der Waals surface area (Å²) in [6, 6.07) is 19.4. The van der Waals surface area contributed by atoms with Gasteiger partial charge in [-0.3, -0.25) is 0 Å². The average molecular weight is 496 g/mol. The standard InChI is InChI=1S/C28H30ClNO5/c29-22-8-10-23(11-9-22)35-28(31)30-14-2-5-27-33-17-21(18-34-27)25-4-1-3-20-15-24(12-13-26(20)25)32-16-19-6-7-19/h1,3-4,8-13,15,19,21,27H,2,5-7,14,16-18H2,(H,30,31)/t21-,27-. The number of hydrogen-bond donors (Lipinski definition) is 1. The zero-order valence-corrected chi connectivity index (χ0v) is 20.3. The number of ether oxygens (including phenoxy) is 4. The number of rotatable bonds is 9. The van der Waals surface area contributed by atoms with Crippen LogP contribution in [0.15, 0.2) is 60.7 Å². The van der Waals surface area contributed by atoms with Crippen LogP contribution < -0.4 is 14.8 Å². The third kappa shape index (κ3) is 6.66. The molecule has 1 heterocycles. The van der Waals surface area contributed by atoms with Crippen molar-refractivity contribution in [3.8, 4) is 11.5 Å². The molecule has 1 amide bonds. The van der Waals surface area contributed by atoms with Crippen LogP contribution in [-0.4, -0.2) is 38.7 Å². The van der Waals surface area contributed by atoms with Crippen LogP contribution >= 0.6 is 11.6 Å². The van der Waals surface area contributed by atoms with Gasteiger partial charge in [0.1, 0.15) is 11.5 Å². The molecule has 3 aromatic rings. The molecule has 1 saturated carbocycles. The van der Waals surface area contributed by atoms with Gasteiger partial charge in [0.2, 0.25) is 0 Å². The lowest BCUT2D eigenvalue weighted by Crippen LogP contribution is -2.32. The van der Waals surface area contributed by atoms with Crippen LogP contribution in [0.25, 0.3) is 10.8 Å². The van der Waals surface area contributed by atoms with E-state index in [1.54, 1.807) is 24.3 Å². The maximum atomic E-state index is 11.9. The van der Waals surface area contributed by atoms with Crippen molar-refractivity contribution >= 4 is 28.5 Å². The molecule has 184 valence electrons. The van der Waals surface area contributed by atoms with Crippen LogP contribution in [0.1, 0.15) is 37.2 Å². The van der Waals surface area contributed by atoms with Crippen LogP contribution in [0.5, 0.6) is 11.5 Å². The van der Waals surface area contributed by atoms with E-state index >= 15 is 0 Å². The fraction of sp³-hybridized carbons (Fsp3) is 0.393. The van der Waals surface area contributed by atoms with Gasteiger partial charge in [0.15, 0.2) is 6.29 Å². The number of halogens is 1. The first-order chi connectivity index (χ1) is 17.1. The van der Waals surface area contributed by atoms with E-state index in [1.165, 1.54) is 29.2 Å². The van der Waals surface area contributed by atoms with Gasteiger partial charge in [-0.05, 0) is 77.9 Å². The molecule has 0 bridgehead atoms. The number of amides is 1. The first-order valence-corrected chi connectivity index (χ1v) is 12.6. The van der Waals surface area contributed by atoms with Crippen molar-refractivity contribution < 1.29 is 23.7 Å². The molecule has 5 rings (SSSR count). The van der Waals surface area contributed by atoms with Crippen molar-refractivity contribution in [2.75, 3.05) is 26.4 Å². The summed E-state index contributed by atoms with van der Waals surface area (Å²) in [4.78, 5) is 11.9. The Labute approximate surface area is 210 Å². The first kappa shape index (κ1) is 23.9. The molecule has 0 aromatic heterocycles. The Balaban J connectivity index is 1.05. The summed E-state index contributed by atoms with van der Waals surface area (Å²) in [5.41, 5.74) is 1.24. The van der Waals surface area contributed by atoms with Crippen molar-refractivity contribution in [1.29, 1.82) is 0 Å². The van der Waals surface area contributed by atoms with Crippen LogP contribution in [0.2, 0.25) is 5.02 Å². The minimum atomic E-state index is -0.491. The zero-order chi connectivity index (χ0) is 24.0. The summed E-state index contributed by atoms with van der Waals surface area (Å²) in [5, 5.41) is 5.73. The fourth-order valence-electron chi connectivity index (χ4n) is 4.23. The van der Waals surface area contributed by atoms with Crippen LogP contribution in [0.4, 0.5) is 4.79 Å². The lowest BCUT2D eigenvalue weighted by molar-refractivity contribution is -0.189. The second-order valence-corrected chi connectivity index (χ2v) is 9.63. The van der Waals surface area contributed by atoms with Crippen LogP contribution in [-0.2, 0) is 9.47 Å². The van der Waals surface area contributed by atoms with Gasteiger partial charge in [-0.25, -0.2) is 4.79 Å². The number of nitrogens with one attached hydrogen (secondary N) is 1. The quantitative estimate of drug-likeness (QED) is 0.352. The van der Waals surface area contributed by atoms with Crippen LogP contribution in [0.3, 0.4) is 0 Å². The van der Waals surface area contributed by atoms with E-state index in [1.807, 2.05) is 0 Å². The van der Waals surface area contributed by atoms with Gasteiger partial charge in [-0.15, -0.1) is 0 Å². The SMILES string of the molecule is O=C(NCCC[C@H]1OC[C@H](c2cccc3cc(OCC4CC4)ccc32)CO1)Oc1ccc(Cl)cc1. The molecule has 1 aliphatic carbocycles. The molecular weight excluding hydrogens is 466 g/mol. The predicted molar refractivity (Wildman–Crippen MR) is 135 cm³/mol. The highest BCUT2D eigenvalue weighted by Crippen LogP contribution is 2.33. The van der Waals surface area contributed by atoms with Gasteiger partial charge in [-0.2, -0.15) is 0 Å². The van der Waals surface area contributed by atoms with Gasteiger partial charge in [0.05, 0.1) is 19.8 Å². The maximum absolute atomic E-state index is 11.9. The highest BCUT2D eigenvalue weighted by atomic mass is 35.5. The van der Waals surface area contributed by atoms with Crippen LogP contribution in [0, 0.1) is 5.92 Å². The van der Waals surface area contributed by atoms with E-state index in [0.29, 0.717) is 37.0 Å². The second kappa shape index (κ2) is 11.3. The van der Waals surface area contributed by atoms with Crippen molar-refractivity contribution in [2.45, 2.75) is 37.9 Å². The lowest BCUT2D eigenvalue weighted by Gasteiger charge is -2.30. The van der Waals surface area contributed by atoms with E-state index in [2.05, 4.69) is 41.7 Å². The smallest absolute Gasteiger partial charge is 0.412 e. The molecule has 7 heteroatoms. The predicted octanol–water partition coefficient (Wildman–Crippen LogP) is 6.31. The Hall–Kier alpha value is -2.80. The summed E-state index contributed by atoms with van der Waals surface area (Å²) in [7, 11) is 0. The molecule has 1 saturated heterocycles. The summed E-state index contributed by atoms with van der Waals surface area (Å²) >= 11 is 5.84. The van der Waals surface area contributed by atoms with Gasteiger partial charge < -0.3 is 24.3 Å².